The lowest BCUT2D eigenvalue weighted by atomic mass is 10.2. The Morgan fingerprint density at radius 2 is 2.23 bits per heavy atom. The predicted molar refractivity (Wildman–Crippen MR) is 48.6 cm³/mol. The first-order valence-corrected chi connectivity index (χ1v) is 3.95. The van der Waals surface area contributed by atoms with Crippen LogP contribution >= 0.6 is 15.9 Å². The molecule has 13 heavy (non-hydrogen) atoms. The second kappa shape index (κ2) is 3.67. The van der Waals surface area contributed by atoms with Crippen LogP contribution in [0.1, 0.15) is 0 Å². The van der Waals surface area contributed by atoms with Crippen molar-refractivity contribution < 1.29 is 9.31 Å². The highest BCUT2D eigenvalue weighted by molar-refractivity contribution is 9.10. The Hall–Kier alpha value is -1.21. The summed E-state index contributed by atoms with van der Waals surface area (Å²) in [5, 5.41) is 10.4. The van der Waals surface area contributed by atoms with Crippen LogP contribution < -0.4 is 11.3 Å². The Kier molecular flexibility index (Phi) is 2.79. The maximum Gasteiger partial charge on any atom is 0.296 e. The van der Waals surface area contributed by atoms with E-state index in [1.807, 2.05) is 0 Å². The van der Waals surface area contributed by atoms with E-state index in [4.69, 9.17) is 5.84 Å². The largest absolute Gasteiger partial charge is 0.318 e. The van der Waals surface area contributed by atoms with E-state index >= 15 is 0 Å². The van der Waals surface area contributed by atoms with Gasteiger partial charge in [-0.15, -0.1) is 0 Å². The van der Waals surface area contributed by atoms with Crippen molar-refractivity contribution in [2.24, 2.45) is 5.84 Å². The molecule has 0 saturated carbocycles. The summed E-state index contributed by atoms with van der Waals surface area (Å²) in [5.41, 5.74) is 1.76. The van der Waals surface area contributed by atoms with Crippen LogP contribution in [0.5, 0.6) is 0 Å². The van der Waals surface area contributed by atoms with Gasteiger partial charge in [-0.3, -0.25) is 16.0 Å². The number of nitrogen functional groups attached to an aromatic ring is 1. The fourth-order valence-electron chi connectivity index (χ4n) is 0.803. The molecule has 0 aliphatic heterocycles. The summed E-state index contributed by atoms with van der Waals surface area (Å²) in [6.07, 6.45) is 0. The van der Waals surface area contributed by atoms with Crippen LogP contribution in [0.2, 0.25) is 0 Å². The van der Waals surface area contributed by atoms with E-state index in [0.717, 1.165) is 6.07 Å². The zero-order valence-electron chi connectivity index (χ0n) is 6.25. The second-order valence-corrected chi connectivity index (χ2v) is 3.04. The quantitative estimate of drug-likeness (QED) is 0.476. The van der Waals surface area contributed by atoms with Crippen LogP contribution in [0.3, 0.4) is 0 Å². The van der Waals surface area contributed by atoms with Gasteiger partial charge in [-0.25, -0.2) is 4.39 Å². The molecule has 0 bridgehead atoms. The standard InChI is InChI=1S/C6H5BrFN3O2/c7-3-1-5(10-9)6(11(12)13)2-4(3)8/h1-2,10H,9H2. The van der Waals surface area contributed by atoms with Crippen LogP contribution in [-0.2, 0) is 0 Å². The number of nitro groups is 1. The minimum Gasteiger partial charge on any atom is -0.318 e. The molecule has 0 unspecified atom stereocenters. The number of benzene rings is 1. The number of hydrogen-bond acceptors (Lipinski definition) is 4. The molecule has 0 saturated heterocycles. The van der Waals surface area contributed by atoms with E-state index in [0.29, 0.717) is 0 Å². The van der Waals surface area contributed by atoms with E-state index < -0.39 is 16.4 Å². The summed E-state index contributed by atoms with van der Waals surface area (Å²) in [6, 6.07) is 1.99. The number of halogens is 2. The van der Waals surface area contributed by atoms with Gasteiger partial charge >= 0.3 is 0 Å². The molecule has 7 heteroatoms. The molecule has 0 aliphatic rings. The van der Waals surface area contributed by atoms with Gasteiger partial charge in [0.15, 0.2) is 0 Å². The van der Waals surface area contributed by atoms with Crippen molar-refractivity contribution in [2.45, 2.75) is 0 Å². The molecule has 70 valence electrons. The van der Waals surface area contributed by atoms with Crippen LogP contribution in [0, 0.1) is 15.9 Å². The zero-order valence-corrected chi connectivity index (χ0v) is 7.84. The van der Waals surface area contributed by atoms with Gasteiger partial charge in [-0.2, -0.15) is 0 Å². The maximum atomic E-state index is 12.8. The highest BCUT2D eigenvalue weighted by atomic mass is 79.9. The first-order valence-electron chi connectivity index (χ1n) is 3.16. The minimum absolute atomic E-state index is 0.0540. The molecule has 0 fully saturated rings. The monoisotopic (exact) mass is 249 g/mol. The molecule has 0 aliphatic carbocycles. The van der Waals surface area contributed by atoms with Crippen molar-refractivity contribution in [3.63, 3.8) is 0 Å². The van der Waals surface area contributed by atoms with Crippen molar-refractivity contribution in [3.8, 4) is 0 Å². The third-order valence-electron chi connectivity index (χ3n) is 1.39. The number of hydrazine groups is 1. The number of anilines is 1. The summed E-state index contributed by atoms with van der Waals surface area (Å²) in [5.74, 6) is 4.31. The second-order valence-electron chi connectivity index (χ2n) is 2.18. The van der Waals surface area contributed by atoms with Crippen molar-refractivity contribution in [3.05, 3.63) is 32.5 Å². The Bertz CT molecular complexity index is 358. The van der Waals surface area contributed by atoms with Gasteiger partial charge in [0.2, 0.25) is 0 Å². The summed E-state index contributed by atoms with van der Waals surface area (Å²) >= 11 is 2.88. The molecule has 0 spiro atoms. The van der Waals surface area contributed by atoms with E-state index in [-0.39, 0.29) is 10.2 Å². The van der Waals surface area contributed by atoms with Crippen LogP contribution in [0.15, 0.2) is 16.6 Å². The number of rotatable bonds is 2. The summed E-state index contributed by atoms with van der Waals surface area (Å²) in [6.45, 7) is 0. The smallest absolute Gasteiger partial charge is 0.296 e. The Labute approximate surface area is 81.0 Å². The summed E-state index contributed by atoms with van der Waals surface area (Å²) in [4.78, 5) is 9.65. The average molecular weight is 250 g/mol. The average Bonchev–Trinajstić information content (AvgIpc) is 2.08. The van der Waals surface area contributed by atoms with Gasteiger partial charge in [0.25, 0.3) is 5.69 Å². The third kappa shape index (κ3) is 1.93. The normalized spacial score (nSPS) is 9.77. The molecule has 0 heterocycles. The molecular formula is C6H5BrFN3O2. The molecule has 0 radical (unpaired) electrons. The third-order valence-corrected chi connectivity index (χ3v) is 2.00. The van der Waals surface area contributed by atoms with Crippen LogP contribution in [-0.4, -0.2) is 4.92 Å². The van der Waals surface area contributed by atoms with Crippen LogP contribution in [0.4, 0.5) is 15.8 Å². The minimum atomic E-state index is -0.718. The van der Waals surface area contributed by atoms with E-state index in [1.165, 1.54) is 6.07 Å². The van der Waals surface area contributed by atoms with Crippen molar-refractivity contribution in [1.82, 2.24) is 0 Å². The lowest BCUT2D eigenvalue weighted by Gasteiger charge is -2.02. The molecule has 0 amide bonds. The highest BCUT2D eigenvalue weighted by Crippen LogP contribution is 2.29. The van der Waals surface area contributed by atoms with Gasteiger partial charge in [-0.05, 0) is 22.0 Å². The number of hydrogen-bond donors (Lipinski definition) is 2. The number of nitrogens with zero attached hydrogens (tertiary/aromatic N) is 1. The van der Waals surface area contributed by atoms with E-state index in [2.05, 4.69) is 21.4 Å². The lowest BCUT2D eigenvalue weighted by molar-refractivity contribution is -0.384. The van der Waals surface area contributed by atoms with Gasteiger partial charge in [-0.1, -0.05) is 0 Å². The molecule has 1 rings (SSSR count). The predicted octanol–water partition coefficient (Wildman–Crippen LogP) is 1.78. The number of nitrogens with one attached hydrogen (secondary N) is 1. The van der Waals surface area contributed by atoms with Gasteiger partial charge in [0.1, 0.15) is 11.5 Å². The molecule has 1 aromatic rings. The van der Waals surface area contributed by atoms with Crippen molar-refractivity contribution in [2.75, 3.05) is 5.43 Å². The maximum absolute atomic E-state index is 12.8. The zero-order chi connectivity index (χ0) is 10.0. The fourth-order valence-corrected chi connectivity index (χ4v) is 1.15. The van der Waals surface area contributed by atoms with Crippen molar-refractivity contribution in [1.29, 1.82) is 0 Å². The van der Waals surface area contributed by atoms with Crippen LogP contribution in [0.25, 0.3) is 0 Å². The molecular weight excluding hydrogens is 245 g/mol. The molecule has 1 aromatic carbocycles. The van der Waals surface area contributed by atoms with E-state index in [1.54, 1.807) is 0 Å². The Morgan fingerprint density at radius 1 is 1.62 bits per heavy atom. The molecule has 0 atom stereocenters. The van der Waals surface area contributed by atoms with Crippen molar-refractivity contribution >= 4 is 27.3 Å². The van der Waals surface area contributed by atoms with Gasteiger partial charge < -0.3 is 5.43 Å². The Balaban J connectivity index is 3.33. The van der Waals surface area contributed by atoms with Gasteiger partial charge in [0, 0.05) is 0 Å². The number of nitro benzene ring substituents is 1. The summed E-state index contributed by atoms with van der Waals surface area (Å²) < 4.78 is 13.0. The first kappa shape index (κ1) is 9.87. The number of nitrogens with two attached hydrogens (primary N) is 1. The SMILES string of the molecule is NNc1cc(Br)c(F)cc1[N+](=O)[O-]. The van der Waals surface area contributed by atoms with Gasteiger partial charge in [0.05, 0.1) is 15.5 Å². The van der Waals surface area contributed by atoms with E-state index in [9.17, 15) is 14.5 Å². The molecule has 3 N–H and O–H groups in total. The highest BCUT2D eigenvalue weighted by Gasteiger charge is 2.16. The Morgan fingerprint density at radius 3 is 2.69 bits per heavy atom. The first-order chi connectivity index (χ1) is 6.06. The fraction of sp³-hybridized carbons (Fsp3) is 0. The topological polar surface area (TPSA) is 81.2 Å². The summed E-state index contributed by atoms with van der Waals surface area (Å²) in [7, 11) is 0. The molecule has 0 aromatic heterocycles. The lowest BCUT2D eigenvalue weighted by Crippen LogP contribution is -2.09. The molecule has 5 nitrogen and oxygen atoms in total.